The number of carboxylic acid groups (broad SMARTS) is 1. The number of aliphatic carboxylic acids is 1. The molecule has 0 saturated carbocycles. The van der Waals surface area contributed by atoms with E-state index in [1.54, 1.807) is 0 Å². The van der Waals surface area contributed by atoms with Crippen molar-refractivity contribution in [3.63, 3.8) is 0 Å². The molecule has 2 heterocycles. The molecule has 2 aromatic rings. The number of nitrogens with two attached hydrogens (primary N) is 2. The van der Waals surface area contributed by atoms with Gasteiger partial charge in [-0.3, -0.25) is 14.4 Å². The molecule has 3 amide bonds. The third-order valence-corrected chi connectivity index (χ3v) is 5.57. The lowest BCUT2D eigenvalue weighted by Crippen LogP contribution is -2.60. The summed E-state index contributed by atoms with van der Waals surface area (Å²) in [6, 6.07) is -4.89. The highest BCUT2D eigenvalue weighted by Crippen LogP contribution is 2.05. The van der Waals surface area contributed by atoms with Crippen molar-refractivity contribution < 1.29 is 29.4 Å². The molecule has 0 fully saturated rings. The van der Waals surface area contributed by atoms with E-state index in [1.807, 2.05) is 0 Å². The van der Waals surface area contributed by atoms with Crippen molar-refractivity contribution in [3.05, 3.63) is 36.4 Å². The first-order chi connectivity index (χ1) is 17.6. The Labute approximate surface area is 213 Å². The number of hydrogen-bond donors (Lipinski definition) is 9. The van der Waals surface area contributed by atoms with Gasteiger partial charge in [0, 0.05) is 36.6 Å². The summed E-state index contributed by atoms with van der Waals surface area (Å²) in [5.74, 6) is -3.56. The van der Waals surface area contributed by atoms with Gasteiger partial charge in [-0.25, -0.2) is 14.8 Å². The summed E-state index contributed by atoms with van der Waals surface area (Å²) in [4.78, 5) is 63.7. The Morgan fingerprint density at radius 3 is 1.97 bits per heavy atom. The van der Waals surface area contributed by atoms with Crippen LogP contribution in [0.1, 0.15) is 37.6 Å². The third kappa shape index (κ3) is 9.63. The standard InChI is InChI=1S/C22H35N9O6/c1-12(32)18(31-19(33)15(24)4-2-3-5-23)21(35)29-16(6-13-8-25-10-27-13)20(34)30-17(22(36)37)7-14-9-26-11-28-14/h8-12,15-18,32H,2-7,23-24H2,1H3,(H,25,27)(H,26,28)(H,29,35)(H,30,34)(H,31,33)(H,36,37). The van der Waals surface area contributed by atoms with Crippen LogP contribution in [0.25, 0.3) is 0 Å². The number of imidazole rings is 2. The van der Waals surface area contributed by atoms with Crippen LogP contribution in [-0.2, 0) is 32.0 Å². The lowest BCUT2D eigenvalue weighted by Gasteiger charge is -2.26. The van der Waals surface area contributed by atoms with Gasteiger partial charge in [0.25, 0.3) is 0 Å². The SMILES string of the molecule is CC(O)C(NC(=O)C(N)CCCCN)C(=O)NC(Cc1cnc[nH]1)C(=O)NC(Cc1cnc[nH]1)C(=O)O. The number of carbonyl (C=O) groups is 4. The molecule has 0 aromatic carbocycles. The molecule has 11 N–H and O–H groups in total. The van der Waals surface area contributed by atoms with Crippen molar-refractivity contribution in [3.8, 4) is 0 Å². The molecule has 0 radical (unpaired) electrons. The van der Waals surface area contributed by atoms with Crippen molar-refractivity contribution in [2.24, 2.45) is 11.5 Å². The maximum absolute atomic E-state index is 13.1. The van der Waals surface area contributed by atoms with Crippen LogP contribution in [0.3, 0.4) is 0 Å². The van der Waals surface area contributed by atoms with E-state index in [2.05, 4.69) is 35.9 Å². The van der Waals surface area contributed by atoms with Crippen LogP contribution in [0.2, 0.25) is 0 Å². The van der Waals surface area contributed by atoms with Crippen molar-refractivity contribution in [1.29, 1.82) is 0 Å². The van der Waals surface area contributed by atoms with Crippen LogP contribution in [0.15, 0.2) is 25.0 Å². The fourth-order valence-corrected chi connectivity index (χ4v) is 3.48. The van der Waals surface area contributed by atoms with Gasteiger partial charge < -0.3 is 47.6 Å². The zero-order valence-corrected chi connectivity index (χ0v) is 20.5. The average molecular weight is 522 g/mol. The number of hydrogen-bond acceptors (Lipinski definition) is 9. The Morgan fingerprint density at radius 1 is 0.919 bits per heavy atom. The molecule has 204 valence electrons. The van der Waals surface area contributed by atoms with E-state index in [1.165, 1.54) is 32.0 Å². The zero-order chi connectivity index (χ0) is 27.4. The van der Waals surface area contributed by atoms with E-state index in [9.17, 15) is 29.4 Å². The number of rotatable bonds is 16. The van der Waals surface area contributed by atoms with Gasteiger partial charge in [-0.1, -0.05) is 6.42 Å². The van der Waals surface area contributed by atoms with Crippen molar-refractivity contribution in [2.45, 2.75) is 69.3 Å². The number of aromatic nitrogens is 4. The number of aliphatic hydroxyl groups is 1. The van der Waals surface area contributed by atoms with Crippen LogP contribution in [0.4, 0.5) is 0 Å². The highest BCUT2D eigenvalue weighted by atomic mass is 16.4. The number of nitrogens with one attached hydrogen (secondary N) is 5. The van der Waals surface area contributed by atoms with E-state index >= 15 is 0 Å². The number of nitrogens with zero attached hydrogens (tertiary/aromatic N) is 2. The summed E-state index contributed by atoms with van der Waals surface area (Å²) in [6.07, 6.45) is 5.84. The van der Waals surface area contributed by atoms with Crippen molar-refractivity contribution in [2.75, 3.05) is 6.54 Å². The van der Waals surface area contributed by atoms with Crippen LogP contribution < -0.4 is 27.4 Å². The summed E-state index contributed by atoms with van der Waals surface area (Å²) < 4.78 is 0. The van der Waals surface area contributed by atoms with Gasteiger partial charge in [0.2, 0.25) is 17.7 Å². The fourth-order valence-electron chi connectivity index (χ4n) is 3.48. The quantitative estimate of drug-likeness (QED) is 0.103. The second kappa shape index (κ2) is 14.7. The second-order valence-corrected chi connectivity index (χ2v) is 8.64. The van der Waals surface area contributed by atoms with Crippen LogP contribution >= 0.6 is 0 Å². The first-order valence-corrected chi connectivity index (χ1v) is 11.8. The predicted molar refractivity (Wildman–Crippen MR) is 131 cm³/mol. The smallest absolute Gasteiger partial charge is 0.326 e. The van der Waals surface area contributed by atoms with Crippen molar-refractivity contribution >= 4 is 23.7 Å². The van der Waals surface area contributed by atoms with E-state index in [4.69, 9.17) is 11.5 Å². The molecule has 0 aliphatic rings. The number of carboxylic acids is 1. The van der Waals surface area contributed by atoms with Gasteiger partial charge in [-0.15, -0.1) is 0 Å². The fraction of sp³-hybridized carbons (Fsp3) is 0.545. The minimum Gasteiger partial charge on any atom is -0.480 e. The average Bonchev–Trinajstić information content (AvgIpc) is 3.55. The molecule has 2 aromatic heterocycles. The highest BCUT2D eigenvalue weighted by molar-refractivity contribution is 5.94. The van der Waals surface area contributed by atoms with E-state index in [0.29, 0.717) is 37.2 Å². The Hall–Kier alpha value is -3.82. The largest absolute Gasteiger partial charge is 0.480 e. The molecule has 15 nitrogen and oxygen atoms in total. The molecular formula is C22H35N9O6. The number of H-pyrrole nitrogens is 2. The molecule has 15 heteroatoms. The molecular weight excluding hydrogens is 486 g/mol. The molecule has 37 heavy (non-hydrogen) atoms. The topological polar surface area (TPSA) is 254 Å². The Bertz CT molecular complexity index is 996. The summed E-state index contributed by atoms with van der Waals surface area (Å²) in [5, 5.41) is 27.1. The summed E-state index contributed by atoms with van der Waals surface area (Å²) >= 11 is 0. The Morgan fingerprint density at radius 2 is 1.49 bits per heavy atom. The summed E-state index contributed by atoms with van der Waals surface area (Å²) in [7, 11) is 0. The molecule has 5 unspecified atom stereocenters. The lowest BCUT2D eigenvalue weighted by molar-refractivity contribution is -0.142. The maximum Gasteiger partial charge on any atom is 0.326 e. The van der Waals surface area contributed by atoms with Gasteiger partial charge in [0.05, 0.1) is 24.8 Å². The number of carbonyl (C=O) groups excluding carboxylic acids is 3. The molecule has 0 aliphatic carbocycles. The maximum atomic E-state index is 13.1. The summed E-state index contributed by atoms with van der Waals surface area (Å²) in [6.45, 7) is 1.76. The Balaban J connectivity index is 2.13. The highest BCUT2D eigenvalue weighted by Gasteiger charge is 2.33. The normalized spacial score (nSPS) is 15.1. The minimum atomic E-state index is -1.41. The zero-order valence-electron chi connectivity index (χ0n) is 20.5. The van der Waals surface area contributed by atoms with Crippen LogP contribution in [0.5, 0.6) is 0 Å². The van der Waals surface area contributed by atoms with Crippen LogP contribution in [0, 0.1) is 0 Å². The van der Waals surface area contributed by atoms with Crippen molar-refractivity contribution in [1.82, 2.24) is 35.9 Å². The third-order valence-electron chi connectivity index (χ3n) is 5.57. The number of aliphatic hydroxyl groups excluding tert-OH is 1. The molecule has 0 saturated heterocycles. The van der Waals surface area contributed by atoms with Gasteiger partial charge in [0.1, 0.15) is 18.1 Å². The second-order valence-electron chi connectivity index (χ2n) is 8.64. The van der Waals surface area contributed by atoms with Gasteiger partial charge in [0.15, 0.2) is 0 Å². The summed E-state index contributed by atoms with van der Waals surface area (Å²) in [5.41, 5.74) is 12.3. The molecule has 0 bridgehead atoms. The monoisotopic (exact) mass is 521 g/mol. The van der Waals surface area contributed by atoms with E-state index in [-0.39, 0.29) is 12.8 Å². The van der Waals surface area contributed by atoms with Gasteiger partial charge in [-0.2, -0.15) is 0 Å². The first-order valence-electron chi connectivity index (χ1n) is 11.8. The number of amides is 3. The minimum absolute atomic E-state index is 0.0625. The number of unbranched alkanes of at least 4 members (excludes halogenated alkanes) is 1. The van der Waals surface area contributed by atoms with E-state index in [0.717, 1.165) is 0 Å². The molecule has 5 atom stereocenters. The molecule has 0 aliphatic heterocycles. The van der Waals surface area contributed by atoms with Gasteiger partial charge >= 0.3 is 5.97 Å². The van der Waals surface area contributed by atoms with E-state index < -0.39 is 54.0 Å². The van der Waals surface area contributed by atoms with Gasteiger partial charge in [-0.05, 0) is 26.3 Å². The lowest BCUT2D eigenvalue weighted by atomic mass is 10.1. The number of aromatic amines is 2. The first kappa shape index (κ1) is 29.4. The molecule has 2 rings (SSSR count). The predicted octanol–water partition coefficient (Wildman–Crippen LogP) is -2.71. The molecule has 0 spiro atoms. The van der Waals surface area contributed by atoms with Crippen LogP contribution in [-0.4, -0.2) is 90.7 Å². The Kier molecular flexibility index (Phi) is 11.7.